The molecule has 2 N–H and O–H groups in total. The number of para-hydroxylation sites is 1. The summed E-state index contributed by atoms with van der Waals surface area (Å²) in [5, 5.41) is 3.46. The summed E-state index contributed by atoms with van der Waals surface area (Å²) in [6, 6.07) is 17.0. The van der Waals surface area contributed by atoms with E-state index >= 15 is 0 Å². The van der Waals surface area contributed by atoms with E-state index in [4.69, 9.17) is 5.73 Å². The number of hydrogen-bond acceptors (Lipinski definition) is 3. The van der Waals surface area contributed by atoms with E-state index in [2.05, 4.69) is 0 Å². The summed E-state index contributed by atoms with van der Waals surface area (Å²) in [4.78, 5) is 0. The van der Waals surface area contributed by atoms with Gasteiger partial charge in [0.05, 0.1) is 17.3 Å². The molecule has 0 aliphatic carbocycles. The second kappa shape index (κ2) is 4.24. The molecule has 0 aliphatic rings. The third kappa shape index (κ3) is 1.66. The van der Waals surface area contributed by atoms with Crippen molar-refractivity contribution in [3.8, 4) is 0 Å². The first kappa shape index (κ1) is 13.2. The third-order valence-electron chi connectivity index (χ3n) is 3.98. The zero-order valence-electron chi connectivity index (χ0n) is 11.9. The first-order chi connectivity index (χ1) is 10.5. The summed E-state index contributed by atoms with van der Waals surface area (Å²) in [5.74, 6) is 0. The van der Waals surface area contributed by atoms with Gasteiger partial charge in [-0.05, 0) is 17.5 Å². The molecule has 4 aromatic rings. The van der Waals surface area contributed by atoms with Gasteiger partial charge < -0.3 is 5.73 Å². The van der Waals surface area contributed by atoms with Crippen molar-refractivity contribution in [1.82, 2.24) is 3.97 Å². The molecule has 0 radical (unpaired) electrons. The Hall–Kier alpha value is -2.53. The second-order valence-electron chi connectivity index (χ2n) is 5.46. The molecule has 1 heterocycles. The average molecular weight is 310 g/mol. The highest BCUT2D eigenvalue weighted by Crippen LogP contribution is 2.38. The topological polar surface area (TPSA) is 65.1 Å². The summed E-state index contributed by atoms with van der Waals surface area (Å²) in [6.45, 7) is 0. The number of nitrogens with zero attached hydrogens (tertiary/aromatic N) is 1. The average Bonchev–Trinajstić information content (AvgIpc) is 2.83. The van der Waals surface area contributed by atoms with Crippen molar-refractivity contribution >= 4 is 48.3 Å². The Bertz CT molecular complexity index is 1160. The number of anilines is 1. The molecule has 0 aliphatic heterocycles. The van der Waals surface area contributed by atoms with Crippen molar-refractivity contribution in [2.75, 3.05) is 12.0 Å². The van der Waals surface area contributed by atoms with Gasteiger partial charge in [0.2, 0.25) is 10.0 Å². The lowest BCUT2D eigenvalue weighted by molar-refractivity contribution is 0.596. The first-order valence-corrected chi connectivity index (χ1v) is 8.74. The number of hydrogen-bond donors (Lipinski definition) is 1. The van der Waals surface area contributed by atoms with E-state index in [0.29, 0.717) is 16.7 Å². The minimum Gasteiger partial charge on any atom is -0.398 e. The molecule has 0 unspecified atom stereocenters. The van der Waals surface area contributed by atoms with Crippen molar-refractivity contribution in [2.24, 2.45) is 0 Å². The summed E-state index contributed by atoms with van der Waals surface area (Å²) in [6.07, 6.45) is 1.22. The molecule has 0 amide bonds. The predicted octanol–water partition coefficient (Wildman–Crippen LogP) is 3.34. The maximum absolute atomic E-state index is 12.4. The second-order valence-corrected chi connectivity index (χ2v) is 7.29. The van der Waals surface area contributed by atoms with Gasteiger partial charge in [-0.15, -0.1) is 0 Å². The minimum absolute atomic E-state index is 0.590. The Morgan fingerprint density at radius 2 is 1.59 bits per heavy atom. The molecule has 4 nitrogen and oxygen atoms in total. The van der Waals surface area contributed by atoms with Crippen LogP contribution in [-0.4, -0.2) is 18.6 Å². The van der Waals surface area contributed by atoms with Crippen LogP contribution in [0.5, 0.6) is 0 Å². The van der Waals surface area contributed by atoms with Gasteiger partial charge in [-0.25, -0.2) is 12.4 Å². The van der Waals surface area contributed by atoms with Gasteiger partial charge in [-0.1, -0.05) is 42.5 Å². The van der Waals surface area contributed by atoms with Gasteiger partial charge in [-0.3, -0.25) is 0 Å². The summed E-state index contributed by atoms with van der Waals surface area (Å²) >= 11 is 0. The molecule has 0 saturated carbocycles. The fraction of sp³-hybridized carbons (Fsp3) is 0.0588. The first-order valence-electron chi connectivity index (χ1n) is 6.89. The maximum Gasteiger partial charge on any atom is 0.236 e. The van der Waals surface area contributed by atoms with Crippen LogP contribution in [-0.2, 0) is 10.0 Å². The number of nitrogen functional groups attached to an aromatic ring is 1. The van der Waals surface area contributed by atoms with Crippen LogP contribution in [0.3, 0.4) is 0 Å². The molecule has 0 fully saturated rings. The predicted molar refractivity (Wildman–Crippen MR) is 91.6 cm³/mol. The van der Waals surface area contributed by atoms with Crippen LogP contribution in [0, 0.1) is 0 Å². The molecule has 0 bridgehead atoms. The Balaban J connectivity index is 2.48. The van der Waals surface area contributed by atoms with E-state index in [1.165, 1.54) is 10.2 Å². The van der Waals surface area contributed by atoms with E-state index in [9.17, 15) is 8.42 Å². The standard InChI is InChI=1S/C17H14N2O2S/c1-22(20,21)19-15-9-5-4-8-13(15)16-14(18)10-11-6-2-3-7-12(11)17(16)19/h2-10H,18H2,1H3. The lowest BCUT2D eigenvalue weighted by Crippen LogP contribution is -2.09. The molecule has 4 rings (SSSR count). The van der Waals surface area contributed by atoms with Gasteiger partial charge in [0.1, 0.15) is 0 Å². The lowest BCUT2D eigenvalue weighted by atomic mass is 10.0. The summed E-state index contributed by atoms with van der Waals surface area (Å²) in [5.41, 5.74) is 8.13. The van der Waals surface area contributed by atoms with Crippen LogP contribution in [0.4, 0.5) is 5.69 Å². The zero-order valence-corrected chi connectivity index (χ0v) is 12.8. The largest absolute Gasteiger partial charge is 0.398 e. The molecule has 110 valence electrons. The zero-order chi connectivity index (χ0) is 15.5. The van der Waals surface area contributed by atoms with Gasteiger partial charge in [0, 0.05) is 21.8 Å². The molecule has 1 aromatic heterocycles. The highest BCUT2D eigenvalue weighted by Gasteiger charge is 2.20. The van der Waals surface area contributed by atoms with Crippen molar-refractivity contribution in [1.29, 1.82) is 0 Å². The van der Waals surface area contributed by atoms with Gasteiger partial charge in [-0.2, -0.15) is 0 Å². The summed E-state index contributed by atoms with van der Waals surface area (Å²) in [7, 11) is -3.46. The highest BCUT2D eigenvalue weighted by atomic mass is 32.2. The van der Waals surface area contributed by atoms with Crippen molar-refractivity contribution in [3.05, 3.63) is 54.6 Å². The molecule has 0 spiro atoms. The van der Waals surface area contributed by atoms with E-state index in [1.807, 2.05) is 54.6 Å². The number of nitrogens with two attached hydrogens (primary N) is 1. The fourth-order valence-electron chi connectivity index (χ4n) is 3.17. The normalized spacial score (nSPS) is 12.4. The Morgan fingerprint density at radius 3 is 2.32 bits per heavy atom. The van der Waals surface area contributed by atoms with Crippen LogP contribution in [0.1, 0.15) is 0 Å². The summed E-state index contributed by atoms with van der Waals surface area (Å²) < 4.78 is 26.2. The molecule has 0 atom stereocenters. The molecule has 3 aromatic carbocycles. The molecule has 0 saturated heterocycles. The molecule has 22 heavy (non-hydrogen) atoms. The van der Waals surface area contributed by atoms with E-state index in [0.717, 1.165) is 21.5 Å². The Morgan fingerprint density at radius 1 is 0.955 bits per heavy atom. The Kier molecular flexibility index (Phi) is 2.53. The maximum atomic E-state index is 12.4. The minimum atomic E-state index is -3.46. The number of aromatic nitrogens is 1. The van der Waals surface area contributed by atoms with Crippen LogP contribution in [0.2, 0.25) is 0 Å². The third-order valence-corrected chi connectivity index (χ3v) is 5.02. The van der Waals surface area contributed by atoms with Gasteiger partial charge >= 0.3 is 0 Å². The van der Waals surface area contributed by atoms with E-state index < -0.39 is 10.0 Å². The quantitative estimate of drug-likeness (QED) is 0.548. The highest BCUT2D eigenvalue weighted by molar-refractivity contribution is 7.89. The van der Waals surface area contributed by atoms with Crippen LogP contribution in [0.25, 0.3) is 32.6 Å². The molecule has 5 heteroatoms. The fourth-order valence-corrected chi connectivity index (χ4v) is 4.21. The number of benzene rings is 3. The van der Waals surface area contributed by atoms with Crippen molar-refractivity contribution < 1.29 is 8.42 Å². The Labute approximate surface area is 127 Å². The van der Waals surface area contributed by atoms with E-state index in [-0.39, 0.29) is 0 Å². The van der Waals surface area contributed by atoms with Gasteiger partial charge in [0.15, 0.2) is 0 Å². The number of rotatable bonds is 1. The van der Waals surface area contributed by atoms with Crippen LogP contribution in [0.15, 0.2) is 54.6 Å². The molecular weight excluding hydrogens is 296 g/mol. The van der Waals surface area contributed by atoms with Crippen LogP contribution < -0.4 is 5.73 Å². The monoisotopic (exact) mass is 310 g/mol. The molecular formula is C17H14N2O2S. The number of fused-ring (bicyclic) bond motifs is 5. The van der Waals surface area contributed by atoms with Crippen molar-refractivity contribution in [3.63, 3.8) is 0 Å². The smallest absolute Gasteiger partial charge is 0.236 e. The van der Waals surface area contributed by atoms with Crippen LogP contribution >= 0.6 is 0 Å². The van der Waals surface area contributed by atoms with Gasteiger partial charge in [0.25, 0.3) is 0 Å². The van der Waals surface area contributed by atoms with E-state index in [1.54, 1.807) is 0 Å². The SMILES string of the molecule is CS(=O)(=O)n1c2ccccc2c2c(N)cc3ccccc3c21. The van der Waals surface area contributed by atoms with Crippen molar-refractivity contribution in [2.45, 2.75) is 0 Å². The lowest BCUT2D eigenvalue weighted by Gasteiger charge is -2.08.